The van der Waals surface area contributed by atoms with E-state index in [1.54, 1.807) is 18.2 Å². The zero-order chi connectivity index (χ0) is 30.5. The van der Waals surface area contributed by atoms with Crippen molar-refractivity contribution in [2.24, 2.45) is 11.8 Å². The second kappa shape index (κ2) is 11.9. The van der Waals surface area contributed by atoms with Crippen molar-refractivity contribution in [3.63, 3.8) is 0 Å². The van der Waals surface area contributed by atoms with E-state index in [4.69, 9.17) is 21.1 Å². The predicted molar refractivity (Wildman–Crippen MR) is 169 cm³/mol. The zero-order valence-corrected chi connectivity index (χ0v) is 26.4. The highest BCUT2D eigenvalue weighted by Gasteiger charge is 2.44. The number of aliphatic hydroxyl groups is 1. The summed E-state index contributed by atoms with van der Waals surface area (Å²) in [5.74, 6) is 0.367. The summed E-state index contributed by atoms with van der Waals surface area (Å²) in [4.78, 5) is 15.8. The van der Waals surface area contributed by atoms with E-state index < -0.39 is 22.2 Å². The molecule has 2 aliphatic carbocycles. The third-order valence-corrected chi connectivity index (χ3v) is 12.0. The van der Waals surface area contributed by atoms with E-state index in [1.807, 2.05) is 18.2 Å². The third kappa shape index (κ3) is 5.75. The Balaban J connectivity index is 1.26. The lowest BCUT2D eigenvalue weighted by molar-refractivity contribution is -0.0574. The van der Waals surface area contributed by atoms with Crippen LogP contribution < -0.4 is 14.4 Å². The van der Waals surface area contributed by atoms with E-state index in [-0.39, 0.29) is 42.0 Å². The Kier molecular flexibility index (Phi) is 8.16. The van der Waals surface area contributed by atoms with Gasteiger partial charge >= 0.3 is 10.2 Å². The van der Waals surface area contributed by atoms with E-state index in [0.717, 1.165) is 49.2 Å². The zero-order valence-electron chi connectivity index (χ0n) is 24.8. The van der Waals surface area contributed by atoms with Crippen molar-refractivity contribution >= 4 is 33.4 Å². The Morgan fingerprint density at radius 2 is 2.00 bits per heavy atom. The van der Waals surface area contributed by atoms with E-state index >= 15 is 0 Å². The van der Waals surface area contributed by atoms with Gasteiger partial charge in [0.1, 0.15) is 5.75 Å². The van der Waals surface area contributed by atoms with Gasteiger partial charge in [-0.25, -0.2) is 4.72 Å². The minimum atomic E-state index is -4.14. The standard InChI is InChI=1S/C33H40ClN3O6S/c34-25-8-10-28-22(16-25)4-3-13-33(28)20-36-18-24-6-9-27(24)30(38)5-1-2-14-37(19-26-12-15-42-26)44(40,41)35-32(39)23-7-11-31(43-21-33)29(36)17-23/h1,5,7-8,10-11,16-17,24,26-27,30,38H,2-4,6,9,12-15,18-21H2,(H,35,39)/b5-1+/t24-,26-,27+,30-,33-/m0/s1. The van der Waals surface area contributed by atoms with Crippen molar-refractivity contribution in [2.45, 2.75) is 62.6 Å². The maximum Gasteiger partial charge on any atom is 0.304 e. The lowest BCUT2D eigenvalue weighted by Crippen LogP contribution is -2.50. The number of hydrogen-bond donors (Lipinski definition) is 2. The molecule has 2 N–H and O–H groups in total. The number of fused-ring (bicyclic) bond motifs is 4. The average Bonchev–Trinajstić information content (AvgIpc) is 3.10. The molecular formula is C33H40ClN3O6S. The largest absolute Gasteiger partial charge is 0.490 e. The van der Waals surface area contributed by atoms with Gasteiger partial charge in [-0.05, 0) is 98.2 Å². The number of nitrogens with zero attached hydrogens (tertiary/aromatic N) is 2. The molecule has 11 heteroatoms. The van der Waals surface area contributed by atoms with Crippen LogP contribution in [0, 0.1) is 11.8 Å². The number of carbonyl (C=O) groups excluding carboxylic acids is 1. The van der Waals surface area contributed by atoms with Crippen LogP contribution in [-0.2, 0) is 26.8 Å². The molecule has 2 fully saturated rings. The number of benzene rings is 2. The van der Waals surface area contributed by atoms with Crippen molar-refractivity contribution in [1.29, 1.82) is 0 Å². The van der Waals surface area contributed by atoms with Crippen LogP contribution in [-0.4, -0.2) is 75.3 Å². The molecule has 0 unspecified atom stereocenters. The minimum Gasteiger partial charge on any atom is -0.490 e. The van der Waals surface area contributed by atoms with Crippen molar-refractivity contribution in [3.05, 3.63) is 70.3 Å². The fourth-order valence-corrected chi connectivity index (χ4v) is 9.00. The van der Waals surface area contributed by atoms with E-state index in [1.165, 1.54) is 15.4 Å². The fraction of sp³-hybridized carbons (Fsp3) is 0.545. The molecule has 3 heterocycles. The highest BCUT2D eigenvalue weighted by Crippen LogP contribution is 2.46. The predicted octanol–water partition coefficient (Wildman–Crippen LogP) is 4.23. The molecule has 0 radical (unpaired) electrons. The van der Waals surface area contributed by atoms with Gasteiger partial charge in [-0.2, -0.15) is 12.7 Å². The smallest absolute Gasteiger partial charge is 0.304 e. The lowest BCUT2D eigenvalue weighted by Gasteiger charge is -2.45. The van der Waals surface area contributed by atoms with Crippen LogP contribution in [0.3, 0.4) is 0 Å². The number of carbonyl (C=O) groups is 1. The van der Waals surface area contributed by atoms with Crippen molar-refractivity contribution in [2.75, 3.05) is 44.3 Å². The topological polar surface area (TPSA) is 108 Å². The van der Waals surface area contributed by atoms with Gasteiger partial charge in [0, 0.05) is 48.8 Å². The number of rotatable bonds is 2. The Bertz CT molecular complexity index is 1560. The van der Waals surface area contributed by atoms with Gasteiger partial charge in [0.2, 0.25) is 0 Å². The molecule has 236 valence electrons. The first-order chi connectivity index (χ1) is 21.2. The second-order valence-electron chi connectivity index (χ2n) is 13.1. The molecule has 2 bridgehead atoms. The monoisotopic (exact) mass is 641 g/mol. The summed E-state index contributed by atoms with van der Waals surface area (Å²) in [7, 11) is -4.14. The number of amides is 1. The van der Waals surface area contributed by atoms with Crippen LogP contribution in [0.5, 0.6) is 5.75 Å². The number of nitrogens with one attached hydrogen (secondary N) is 1. The van der Waals surface area contributed by atoms with Crippen LogP contribution >= 0.6 is 11.6 Å². The van der Waals surface area contributed by atoms with Gasteiger partial charge in [0.15, 0.2) is 0 Å². The highest BCUT2D eigenvalue weighted by atomic mass is 35.5. The van der Waals surface area contributed by atoms with Gasteiger partial charge in [-0.3, -0.25) is 4.79 Å². The number of hydrogen-bond acceptors (Lipinski definition) is 7. The molecule has 2 aromatic carbocycles. The second-order valence-corrected chi connectivity index (χ2v) is 15.2. The number of halogens is 1. The summed E-state index contributed by atoms with van der Waals surface area (Å²) in [6, 6.07) is 11.3. The summed E-state index contributed by atoms with van der Waals surface area (Å²) in [6.45, 7) is 2.83. The average molecular weight is 642 g/mol. The molecule has 3 aliphatic heterocycles. The molecule has 5 aliphatic rings. The number of aliphatic hydroxyl groups excluding tert-OH is 1. The highest BCUT2D eigenvalue weighted by molar-refractivity contribution is 7.87. The molecule has 44 heavy (non-hydrogen) atoms. The van der Waals surface area contributed by atoms with Gasteiger partial charge in [-0.1, -0.05) is 29.8 Å². The number of ether oxygens (including phenoxy) is 2. The van der Waals surface area contributed by atoms with Crippen molar-refractivity contribution in [3.8, 4) is 5.75 Å². The Labute approximate surface area is 264 Å². The van der Waals surface area contributed by atoms with E-state index in [2.05, 4.69) is 21.8 Å². The first-order valence-electron chi connectivity index (χ1n) is 15.8. The number of aryl methyl sites for hydroxylation is 1. The molecule has 1 saturated carbocycles. The SMILES string of the molecule is O=C1NS(=O)(=O)N(C[C@@H]2CCO2)CC/C=C/[C@H](O)[C@@H]2CC[C@H]2CN2C[C@@]3(CCCc4cc(Cl)ccc43)COc3ccc1cc32. The van der Waals surface area contributed by atoms with Gasteiger partial charge in [0.25, 0.3) is 5.91 Å². The molecule has 9 nitrogen and oxygen atoms in total. The molecule has 0 aromatic heterocycles. The first-order valence-corrected chi connectivity index (χ1v) is 17.6. The number of anilines is 1. The van der Waals surface area contributed by atoms with Gasteiger partial charge in [-0.15, -0.1) is 0 Å². The third-order valence-electron chi connectivity index (χ3n) is 10.3. The molecule has 1 spiro atoms. The molecule has 1 amide bonds. The van der Waals surface area contributed by atoms with Crippen LogP contribution in [0.2, 0.25) is 5.02 Å². The Morgan fingerprint density at radius 1 is 1.14 bits per heavy atom. The Morgan fingerprint density at radius 3 is 2.77 bits per heavy atom. The molecule has 5 atom stereocenters. The van der Waals surface area contributed by atoms with Crippen molar-refractivity contribution < 1.29 is 27.8 Å². The fourth-order valence-electron chi connectivity index (χ4n) is 7.61. The maximum atomic E-state index is 13.5. The molecule has 2 aromatic rings. The summed E-state index contributed by atoms with van der Waals surface area (Å²) < 4.78 is 42.6. The van der Waals surface area contributed by atoms with E-state index in [9.17, 15) is 18.3 Å². The minimum absolute atomic E-state index is 0.106. The Hall–Kier alpha value is -2.63. The van der Waals surface area contributed by atoms with Crippen LogP contribution in [0.25, 0.3) is 0 Å². The summed E-state index contributed by atoms with van der Waals surface area (Å²) >= 11 is 6.40. The maximum absolute atomic E-state index is 13.5. The van der Waals surface area contributed by atoms with Crippen LogP contribution in [0.15, 0.2) is 48.6 Å². The normalized spacial score (nSPS) is 32.6. The molecular weight excluding hydrogens is 602 g/mol. The van der Waals surface area contributed by atoms with E-state index in [0.29, 0.717) is 38.5 Å². The van der Waals surface area contributed by atoms with Gasteiger partial charge < -0.3 is 19.5 Å². The lowest BCUT2D eigenvalue weighted by atomic mass is 9.68. The summed E-state index contributed by atoms with van der Waals surface area (Å²) in [6.07, 6.45) is 8.95. The summed E-state index contributed by atoms with van der Waals surface area (Å²) in [5.41, 5.74) is 3.25. The van der Waals surface area contributed by atoms with Crippen LogP contribution in [0.4, 0.5) is 5.69 Å². The van der Waals surface area contributed by atoms with Gasteiger partial charge in [0.05, 0.1) is 24.5 Å². The summed E-state index contributed by atoms with van der Waals surface area (Å²) in [5, 5.41) is 11.9. The molecule has 7 rings (SSSR count). The molecule has 1 saturated heterocycles. The first kappa shape index (κ1) is 30.0. The van der Waals surface area contributed by atoms with Crippen LogP contribution in [0.1, 0.15) is 60.0 Å². The van der Waals surface area contributed by atoms with Crippen molar-refractivity contribution in [1.82, 2.24) is 9.03 Å². The quantitative estimate of drug-likeness (QED) is 0.473.